The normalized spacial score (nSPS) is 11.7. The SMILES string of the molecule is Cc1sc2ncn(/N=C\c3ccc(-c4ccc(F)cc4)o3)c(=O)c2c1C. The number of aromatic nitrogens is 2. The lowest BCUT2D eigenvalue weighted by Crippen LogP contribution is -2.16. The van der Waals surface area contributed by atoms with Crippen LogP contribution in [0, 0.1) is 19.7 Å². The fourth-order valence-electron chi connectivity index (χ4n) is 2.62. The lowest BCUT2D eigenvalue weighted by Gasteiger charge is -1.98. The highest BCUT2D eigenvalue weighted by Gasteiger charge is 2.11. The van der Waals surface area contributed by atoms with Crippen LogP contribution < -0.4 is 5.56 Å². The van der Waals surface area contributed by atoms with Crippen molar-refractivity contribution in [1.82, 2.24) is 9.66 Å². The Morgan fingerprint density at radius 3 is 2.73 bits per heavy atom. The molecule has 0 amide bonds. The summed E-state index contributed by atoms with van der Waals surface area (Å²) in [5, 5.41) is 4.76. The monoisotopic (exact) mass is 367 g/mol. The molecule has 4 rings (SSSR count). The molecule has 7 heteroatoms. The average molecular weight is 367 g/mol. The topological polar surface area (TPSA) is 60.4 Å². The molecule has 5 nitrogen and oxygen atoms in total. The number of benzene rings is 1. The van der Waals surface area contributed by atoms with E-state index in [4.69, 9.17) is 4.42 Å². The second-order valence-corrected chi connectivity index (χ2v) is 7.01. The molecule has 3 heterocycles. The third-order valence-corrected chi connectivity index (χ3v) is 5.25. The summed E-state index contributed by atoms with van der Waals surface area (Å²) in [5.74, 6) is 0.773. The van der Waals surface area contributed by atoms with E-state index in [-0.39, 0.29) is 11.4 Å². The summed E-state index contributed by atoms with van der Waals surface area (Å²) >= 11 is 1.50. The molecule has 1 aromatic carbocycles. The van der Waals surface area contributed by atoms with Gasteiger partial charge >= 0.3 is 0 Å². The highest BCUT2D eigenvalue weighted by atomic mass is 32.1. The van der Waals surface area contributed by atoms with E-state index in [1.165, 1.54) is 40.7 Å². The van der Waals surface area contributed by atoms with E-state index < -0.39 is 0 Å². The van der Waals surface area contributed by atoms with Crippen molar-refractivity contribution in [2.75, 3.05) is 0 Å². The molecule has 0 saturated heterocycles. The fourth-order valence-corrected chi connectivity index (χ4v) is 3.61. The third-order valence-electron chi connectivity index (χ3n) is 4.14. The van der Waals surface area contributed by atoms with Gasteiger partial charge in [0.25, 0.3) is 5.56 Å². The Balaban J connectivity index is 1.66. The van der Waals surface area contributed by atoms with Crippen molar-refractivity contribution in [2.24, 2.45) is 5.10 Å². The van der Waals surface area contributed by atoms with E-state index >= 15 is 0 Å². The summed E-state index contributed by atoms with van der Waals surface area (Å²) in [6.45, 7) is 3.88. The van der Waals surface area contributed by atoms with Crippen molar-refractivity contribution in [3.05, 3.63) is 75.1 Å². The van der Waals surface area contributed by atoms with Gasteiger partial charge in [0.15, 0.2) is 0 Å². The zero-order chi connectivity index (χ0) is 18.3. The van der Waals surface area contributed by atoms with E-state index in [1.807, 2.05) is 13.8 Å². The molecule has 0 aliphatic heterocycles. The molecule has 0 bridgehead atoms. The highest BCUT2D eigenvalue weighted by molar-refractivity contribution is 7.18. The molecule has 0 saturated carbocycles. The van der Waals surface area contributed by atoms with Crippen molar-refractivity contribution in [3.63, 3.8) is 0 Å². The largest absolute Gasteiger partial charge is 0.455 e. The number of halogens is 1. The van der Waals surface area contributed by atoms with Crippen LogP contribution >= 0.6 is 11.3 Å². The summed E-state index contributed by atoms with van der Waals surface area (Å²) in [5.41, 5.74) is 1.48. The summed E-state index contributed by atoms with van der Waals surface area (Å²) in [6.07, 6.45) is 2.86. The molecule has 0 unspecified atom stereocenters. The lowest BCUT2D eigenvalue weighted by atomic mass is 10.2. The van der Waals surface area contributed by atoms with Gasteiger partial charge in [-0.1, -0.05) is 0 Å². The van der Waals surface area contributed by atoms with Gasteiger partial charge in [0, 0.05) is 10.4 Å². The maximum absolute atomic E-state index is 13.0. The lowest BCUT2D eigenvalue weighted by molar-refractivity contribution is 0.573. The quantitative estimate of drug-likeness (QED) is 0.506. The van der Waals surface area contributed by atoms with Crippen LogP contribution in [0.15, 0.2) is 57.0 Å². The second kappa shape index (κ2) is 6.34. The molecule has 0 fully saturated rings. The minimum Gasteiger partial charge on any atom is -0.455 e. The smallest absolute Gasteiger partial charge is 0.282 e. The van der Waals surface area contributed by atoms with Crippen LogP contribution in [0.3, 0.4) is 0 Å². The summed E-state index contributed by atoms with van der Waals surface area (Å²) in [7, 11) is 0. The Bertz CT molecular complexity index is 1190. The van der Waals surface area contributed by atoms with Gasteiger partial charge in [0.05, 0.1) is 11.6 Å². The minimum atomic E-state index is -0.302. The number of rotatable bonds is 3. The van der Waals surface area contributed by atoms with E-state index in [2.05, 4.69) is 10.1 Å². The van der Waals surface area contributed by atoms with Crippen LogP contribution in [0.5, 0.6) is 0 Å². The van der Waals surface area contributed by atoms with Gasteiger partial charge in [0.2, 0.25) is 0 Å². The van der Waals surface area contributed by atoms with E-state index in [0.29, 0.717) is 21.7 Å². The summed E-state index contributed by atoms with van der Waals surface area (Å²) < 4.78 is 19.9. The molecular weight excluding hydrogens is 353 g/mol. The molecule has 0 radical (unpaired) electrons. The Kier molecular flexibility index (Phi) is 4.00. The van der Waals surface area contributed by atoms with Gasteiger partial charge in [0.1, 0.15) is 28.5 Å². The second-order valence-electron chi connectivity index (χ2n) is 5.81. The van der Waals surface area contributed by atoms with Crippen molar-refractivity contribution < 1.29 is 8.81 Å². The molecule has 130 valence electrons. The Morgan fingerprint density at radius 2 is 1.96 bits per heavy atom. The summed E-state index contributed by atoms with van der Waals surface area (Å²) in [6, 6.07) is 9.52. The first-order chi connectivity index (χ1) is 12.5. The van der Waals surface area contributed by atoms with Crippen LogP contribution in [0.1, 0.15) is 16.2 Å². The molecular formula is C19H14FN3O2S. The molecule has 0 aliphatic rings. The predicted molar refractivity (Wildman–Crippen MR) is 100 cm³/mol. The Hall–Kier alpha value is -3.06. The number of thiophene rings is 1. The van der Waals surface area contributed by atoms with Crippen molar-refractivity contribution in [1.29, 1.82) is 0 Å². The van der Waals surface area contributed by atoms with Crippen molar-refractivity contribution in [2.45, 2.75) is 13.8 Å². The first kappa shape index (κ1) is 16.4. The Labute approximate surface area is 152 Å². The van der Waals surface area contributed by atoms with Crippen LogP contribution in [0.2, 0.25) is 0 Å². The number of furan rings is 1. The number of aryl methyl sites for hydroxylation is 2. The number of hydrogen-bond donors (Lipinski definition) is 0. The first-order valence-corrected chi connectivity index (χ1v) is 8.72. The average Bonchev–Trinajstić information content (AvgIpc) is 3.21. The van der Waals surface area contributed by atoms with Crippen molar-refractivity contribution >= 4 is 27.8 Å². The molecule has 0 aliphatic carbocycles. The third kappa shape index (κ3) is 2.86. The molecule has 0 N–H and O–H groups in total. The molecule has 0 spiro atoms. The van der Waals surface area contributed by atoms with Gasteiger partial charge in [-0.15, -0.1) is 11.3 Å². The number of hydrogen-bond acceptors (Lipinski definition) is 5. The predicted octanol–water partition coefficient (Wildman–Crippen LogP) is 4.36. The van der Waals surface area contributed by atoms with Crippen LogP contribution in [0.4, 0.5) is 4.39 Å². The summed E-state index contributed by atoms with van der Waals surface area (Å²) in [4.78, 5) is 18.7. The maximum Gasteiger partial charge on any atom is 0.282 e. The van der Waals surface area contributed by atoms with Crippen molar-refractivity contribution in [3.8, 4) is 11.3 Å². The van der Waals surface area contributed by atoms with Crippen LogP contribution in [-0.2, 0) is 0 Å². The zero-order valence-electron chi connectivity index (χ0n) is 14.1. The zero-order valence-corrected chi connectivity index (χ0v) is 14.9. The standard InChI is InChI=1S/C19H14FN3O2S/c1-11-12(2)26-18-17(11)19(24)23(10-21-18)22-9-15-7-8-16(25-15)13-3-5-14(20)6-4-13/h3-10H,1-2H3/b22-9-. The first-order valence-electron chi connectivity index (χ1n) is 7.90. The molecule has 0 atom stereocenters. The molecule has 26 heavy (non-hydrogen) atoms. The fraction of sp³-hybridized carbons (Fsp3) is 0.105. The Morgan fingerprint density at radius 1 is 1.19 bits per heavy atom. The molecule has 3 aromatic heterocycles. The maximum atomic E-state index is 13.0. The van der Waals surface area contributed by atoms with E-state index in [1.54, 1.807) is 24.3 Å². The van der Waals surface area contributed by atoms with Gasteiger partial charge in [-0.05, 0) is 55.8 Å². The van der Waals surface area contributed by atoms with Gasteiger partial charge < -0.3 is 4.42 Å². The minimum absolute atomic E-state index is 0.210. The van der Waals surface area contributed by atoms with E-state index in [9.17, 15) is 9.18 Å². The van der Waals surface area contributed by atoms with E-state index in [0.717, 1.165) is 16.0 Å². The highest BCUT2D eigenvalue weighted by Crippen LogP contribution is 2.25. The van der Waals surface area contributed by atoms with Crippen LogP contribution in [-0.4, -0.2) is 15.9 Å². The number of fused-ring (bicyclic) bond motifs is 1. The molecule has 4 aromatic rings. The van der Waals surface area contributed by atoms with Gasteiger partial charge in [-0.3, -0.25) is 4.79 Å². The van der Waals surface area contributed by atoms with Gasteiger partial charge in [-0.25, -0.2) is 9.37 Å². The van der Waals surface area contributed by atoms with Crippen LogP contribution in [0.25, 0.3) is 21.5 Å². The van der Waals surface area contributed by atoms with Gasteiger partial charge in [-0.2, -0.15) is 9.78 Å². The number of nitrogens with zero attached hydrogens (tertiary/aromatic N) is 3.